The number of alkyl halides is 1. The number of ether oxygens (including phenoxy) is 1. The molecule has 0 aliphatic rings. The highest BCUT2D eigenvalue weighted by molar-refractivity contribution is 9.09. The van der Waals surface area contributed by atoms with Crippen molar-refractivity contribution in [3.63, 3.8) is 0 Å². The van der Waals surface area contributed by atoms with Crippen LogP contribution in [0.15, 0.2) is 48.5 Å². The summed E-state index contributed by atoms with van der Waals surface area (Å²) in [6.07, 6.45) is 0.194. The van der Waals surface area contributed by atoms with Crippen molar-refractivity contribution in [2.75, 3.05) is 0 Å². The normalized spacial score (nSPS) is 12.7. The third kappa shape index (κ3) is 4.34. The van der Waals surface area contributed by atoms with Crippen molar-refractivity contribution in [3.8, 4) is 5.75 Å². The van der Waals surface area contributed by atoms with Crippen molar-refractivity contribution in [2.45, 2.75) is 44.5 Å². The summed E-state index contributed by atoms with van der Waals surface area (Å²) in [5, 5.41) is 0. The molecule has 2 aromatic carbocycles. The van der Waals surface area contributed by atoms with Crippen LogP contribution in [-0.4, -0.2) is 6.10 Å². The predicted octanol–water partition coefficient (Wildman–Crippen LogP) is 6.08. The lowest BCUT2D eigenvalue weighted by Gasteiger charge is -2.15. The molecule has 0 radical (unpaired) electrons. The van der Waals surface area contributed by atoms with Crippen molar-refractivity contribution >= 4 is 15.9 Å². The highest BCUT2D eigenvalue weighted by Crippen LogP contribution is 2.33. The number of rotatable bonds is 5. The lowest BCUT2D eigenvalue weighted by atomic mass is 9.99. The summed E-state index contributed by atoms with van der Waals surface area (Å²) in [6, 6.07) is 17.1. The second kappa shape index (κ2) is 7.13. The minimum absolute atomic E-state index is 0.189. The van der Waals surface area contributed by atoms with E-state index in [-0.39, 0.29) is 10.9 Å². The Balaban J connectivity index is 2.20. The highest BCUT2D eigenvalue weighted by Gasteiger charge is 2.12. The first-order valence-electron chi connectivity index (χ1n) is 7.48. The van der Waals surface area contributed by atoms with Crippen LogP contribution < -0.4 is 4.74 Å². The van der Waals surface area contributed by atoms with E-state index in [9.17, 15) is 0 Å². The molecule has 1 unspecified atom stereocenters. The Morgan fingerprint density at radius 2 is 1.43 bits per heavy atom. The van der Waals surface area contributed by atoms with Gasteiger partial charge in [-0.3, -0.25) is 0 Å². The van der Waals surface area contributed by atoms with Crippen molar-refractivity contribution in [1.82, 2.24) is 0 Å². The Hall–Kier alpha value is -1.28. The SMILES string of the molecule is CC(C)Oc1cccc(C(Br)c2ccc(C(C)C)cc2)c1. The summed E-state index contributed by atoms with van der Waals surface area (Å²) in [4.78, 5) is 0.189. The molecular formula is C19H23BrO. The second-order valence-electron chi connectivity index (χ2n) is 5.92. The molecule has 0 aromatic heterocycles. The number of hydrogen-bond donors (Lipinski definition) is 0. The standard InChI is InChI=1S/C19H23BrO/c1-13(2)15-8-10-16(11-9-15)19(20)17-6-5-7-18(12-17)21-14(3)4/h5-14,19H,1-4H3. The van der Waals surface area contributed by atoms with E-state index in [4.69, 9.17) is 4.74 Å². The Morgan fingerprint density at radius 1 is 0.810 bits per heavy atom. The van der Waals surface area contributed by atoms with Crippen LogP contribution in [0.4, 0.5) is 0 Å². The maximum atomic E-state index is 5.77. The average molecular weight is 347 g/mol. The molecule has 0 saturated carbocycles. The van der Waals surface area contributed by atoms with Crippen molar-refractivity contribution in [2.24, 2.45) is 0 Å². The van der Waals surface area contributed by atoms with Gasteiger partial charge in [-0.1, -0.05) is 66.2 Å². The quantitative estimate of drug-likeness (QED) is 0.596. The summed E-state index contributed by atoms with van der Waals surface area (Å²) >= 11 is 3.80. The first-order valence-corrected chi connectivity index (χ1v) is 8.39. The van der Waals surface area contributed by atoms with Gasteiger partial charge in [0.25, 0.3) is 0 Å². The van der Waals surface area contributed by atoms with E-state index in [1.165, 1.54) is 16.7 Å². The fourth-order valence-corrected chi connectivity index (χ4v) is 2.85. The zero-order valence-electron chi connectivity index (χ0n) is 13.1. The molecule has 2 heteroatoms. The Labute approximate surface area is 136 Å². The maximum Gasteiger partial charge on any atom is 0.120 e. The molecule has 0 heterocycles. The highest BCUT2D eigenvalue weighted by atomic mass is 79.9. The second-order valence-corrected chi connectivity index (χ2v) is 6.84. The van der Waals surface area contributed by atoms with Crippen LogP contribution in [0.1, 0.15) is 55.1 Å². The van der Waals surface area contributed by atoms with Gasteiger partial charge >= 0.3 is 0 Å². The lowest BCUT2D eigenvalue weighted by Crippen LogP contribution is -2.05. The third-order valence-electron chi connectivity index (χ3n) is 3.42. The molecule has 0 aliphatic heterocycles. The van der Waals surface area contributed by atoms with E-state index >= 15 is 0 Å². The van der Waals surface area contributed by atoms with E-state index in [1.807, 2.05) is 26.0 Å². The topological polar surface area (TPSA) is 9.23 Å². The fourth-order valence-electron chi connectivity index (χ4n) is 2.26. The monoisotopic (exact) mass is 346 g/mol. The minimum Gasteiger partial charge on any atom is -0.491 e. The summed E-state index contributed by atoms with van der Waals surface area (Å²) in [6.45, 7) is 8.52. The van der Waals surface area contributed by atoms with E-state index in [2.05, 4.69) is 66.2 Å². The molecule has 21 heavy (non-hydrogen) atoms. The van der Waals surface area contributed by atoms with Gasteiger partial charge in [0.1, 0.15) is 5.75 Å². The van der Waals surface area contributed by atoms with Gasteiger partial charge in [-0.15, -0.1) is 0 Å². The molecule has 2 rings (SSSR count). The molecule has 1 atom stereocenters. The average Bonchev–Trinajstić information content (AvgIpc) is 2.46. The van der Waals surface area contributed by atoms with Crippen LogP contribution in [0, 0.1) is 0 Å². The minimum atomic E-state index is 0.189. The van der Waals surface area contributed by atoms with Gasteiger partial charge in [0.05, 0.1) is 10.9 Å². The summed E-state index contributed by atoms with van der Waals surface area (Å²) in [5.74, 6) is 1.49. The van der Waals surface area contributed by atoms with Crippen LogP contribution in [0.25, 0.3) is 0 Å². The van der Waals surface area contributed by atoms with Gasteiger partial charge in [0.2, 0.25) is 0 Å². The molecule has 112 valence electrons. The molecule has 0 N–H and O–H groups in total. The smallest absolute Gasteiger partial charge is 0.120 e. The first kappa shape index (κ1) is 16.1. The van der Waals surface area contributed by atoms with Crippen LogP contribution in [0.2, 0.25) is 0 Å². The summed E-state index contributed by atoms with van der Waals surface area (Å²) < 4.78 is 5.77. The van der Waals surface area contributed by atoms with Crippen LogP contribution >= 0.6 is 15.9 Å². The fraction of sp³-hybridized carbons (Fsp3) is 0.368. The zero-order chi connectivity index (χ0) is 15.4. The lowest BCUT2D eigenvalue weighted by molar-refractivity contribution is 0.242. The van der Waals surface area contributed by atoms with Gasteiger partial charge in [-0.2, -0.15) is 0 Å². The van der Waals surface area contributed by atoms with E-state index < -0.39 is 0 Å². The first-order chi connectivity index (χ1) is 9.97. The van der Waals surface area contributed by atoms with Gasteiger partial charge < -0.3 is 4.74 Å². The van der Waals surface area contributed by atoms with E-state index in [1.54, 1.807) is 0 Å². The molecule has 0 bridgehead atoms. The van der Waals surface area contributed by atoms with Crippen LogP contribution in [-0.2, 0) is 0 Å². The van der Waals surface area contributed by atoms with Gasteiger partial charge in [-0.05, 0) is 48.6 Å². The van der Waals surface area contributed by atoms with E-state index in [0.717, 1.165) is 5.75 Å². The zero-order valence-corrected chi connectivity index (χ0v) is 14.7. The predicted molar refractivity (Wildman–Crippen MR) is 93.5 cm³/mol. The van der Waals surface area contributed by atoms with Gasteiger partial charge in [-0.25, -0.2) is 0 Å². The maximum absolute atomic E-state index is 5.77. The Kier molecular flexibility index (Phi) is 5.46. The van der Waals surface area contributed by atoms with Crippen molar-refractivity contribution in [3.05, 3.63) is 65.2 Å². The molecular weight excluding hydrogens is 324 g/mol. The van der Waals surface area contributed by atoms with Crippen molar-refractivity contribution < 1.29 is 4.74 Å². The van der Waals surface area contributed by atoms with Crippen molar-refractivity contribution in [1.29, 1.82) is 0 Å². The van der Waals surface area contributed by atoms with Crippen LogP contribution in [0.5, 0.6) is 5.75 Å². The van der Waals surface area contributed by atoms with Gasteiger partial charge in [0, 0.05) is 0 Å². The summed E-state index contributed by atoms with van der Waals surface area (Å²) in [5.41, 5.74) is 3.85. The largest absolute Gasteiger partial charge is 0.491 e. The molecule has 2 aromatic rings. The summed E-state index contributed by atoms with van der Waals surface area (Å²) in [7, 11) is 0. The van der Waals surface area contributed by atoms with Gasteiger partial charge in [0.15, 0.2) is 0 Å². The molecule has 0 spiro atoms. The molecule has 0 amide bonds. The molecule has 0 saturated heterocycles. The molecule has 1 nitrogen and oxygen atoms in total. The Morgan fingerprint density at radius 3 is 2.00 bits per heavy atom. The van der Waals surface area contributed by atoms with E-state index in [0.29, 0.717) is 5.92 Å². The third-order valence-corrected chi connectivity index (χ3v) is 4.48. The molecule has 0 aliphatic carbocycles. The van der Waals surface area contributed by atoms with Crippen LogP contribution in [0.3, 0.4) is 0 Å². The number of halogens is 1. The Bertz CT molecular complexity index is 572. The molecule has 0 fully saturated rings. The number of hydrogen-bond acceptors (Lipinski definition) is 1. The number of benzene rings is 2.